The lowest BCUT2D eigenvalue weighted by atomic mass is 9.98. The first-order chi connectivity index (χ1) is 16.1. The summed E-state index contributed by atoms with van der Waals surface area (Å²) in [4.78, 5) is 23.0. The fourth-order valence-electron chi connectivity index (χ4n) is 3.53. The zero-order valence-corrected chi connectivity index (χ0v) is 17.8. The highest BCUT2D eigenvalue weighted by Crippen LogP contribution is 2.24. The van der Waals surface area contributed by atoms with Crippen LogP contribution in [-0.4, -0.2) is 20.6 Å². The highest BCUT2D eigenvalue weighted by molar-refractivity contribution is 5.92. The zero-order valence-electron chi connectivity index (χ0n) is 17.8. The van der Waals surface area contributed by atoms with E-state index >= 15 is 0 Å². The minimum atomic E-state index is -0.464. The Hall–Kier alpha value is -4.52. The molecule has 164 valence electrons. The molecule has 0 saturated heterocycles. The average molecular weight is 438 g/mol. The molecular formula is C26H22N4O3. The van der Waals surface area contributed by atoms with E-state index in [9.17, 15) is 14.9 Å². The molecule has 3 aromatic carbocycles. The number of rotatable bonds is 8. The minimum absolute atomic E-state index is 0.0390. The molecule has 1 amide bonds. The summed E-state index contributed by atoms with van der Waals surface area (Å²) in [5, 5.41) is 18.2. The Morgan fingerprint density at radius 1 is 1.00 bits per heavy atom. The molecule has 4 rings (SSSR count). The van der Waals surface area contributed by atoms with Crippen LogP contribution in [0.4, 0.5) is 5.69 Å². The quantitative estimate of drug-likeness (QED) is 0.242. The van der Waals surface area contributed by atoms with Gasteiger partial charge in [0.25, 0.3) is 5.69 Å². The molecule has 0 radical (unpaired) electrons. The molecule has 1 aromatic heterocycles. The fraction of sp³-hybridized carbons (Fsp3) is 0.0769. The van der Waals surface area contributed by atoms with Crippen LogP contribution in [0.25, 0.3) is 17.2 Å². The first-order valence-electron chi connectivity index (χ1n) is 10.4. The monoisotopic (exact) mass is 438 g/mol. The maximum Gasteiger partial charge on any atom is 0.276 e. The van der Waals surface area contributed by atoms with E-state index in [2.05, 4.69) is 34.7 Å². The molecule has 4 aromatic rings. The van der Waals surface area contributed by atoms with Crippen LogP contribution in [0.1, 0.15) is 16.7 Å². The molecule has 33 heavy (non-hydrogen) atoms. The number of carbonyl (C=O) groups is 1. The number of benzene rings is 3. The van der Waals surface area contributed by atoms with Gasteiger partial charge in [-0.3, -0.25) is 19.6 Å². The van der Waals surface area contributed by atoms with Gasteiger partial charge in [-0.1, -0.05) is 60.7 Å². The van der Waals surface area contributed by atoms with Crippen LogP contribution >= 0.6 is 0 Å². The predicted molar refractivity (Wildman–Crippen MR) is 127 cm³/mol. The average Bonchev–Trinajstić information content (AvgIpc) is 3.35. The second-order valence-electron chi connectivity index (χ2n) is 7.42. The number of nitro groups is 1. The first-order valence-corrected chi connectivity index (χ1v) is 10.4. The largest absolute Gasteiger partial charge is 0.348 e. The van der Waals surface area contributed by atoms with Crippen LogP contribution in [0.2, 0.25) is 0 Å². The number of hydrogen-bond acceptors (Lipinski definition) is 4. The van der Waals surface area contributed by atoms with Gasteiger partial charge in [0, 0.05) is 31.1 Å². The number of hydrogen-bond donors (Lipinski definition) is 1. The van der Waals surface area contributed by atoms with Gasteiger partial charge in [0.2, 0.25) is 5.91 Å². The minimum Gasteiger partial charge on any atom is -0.348 e. The molecule has 0 aliphatic heterocycles. The highest BCUT2D eigenvalue weighted by Gasteiger charge is 2.10. The summed E-state index contributed by atoms with van der Waals surface area (Å²) < 4.78 is 1.87. The molecule has 0 aliphatic carbocycles. The van der Waals surface area contributed by atoms with Crippen molar-refractivity contribution >= 4 is 17.7 Å². The van der Waals surface area contributed by atoms with Crippen LogP contribution in [0.15, 0.2) is 97.3 Å². The fourth-order valence-corrected chi connectivity index (χ4v) is 3.53. The molecule has 1 N–H and O–H groups in total. The van der Waals surface area contributed by atoms with E-state index in [0.29, 0.717) is 18.7 Å². The van der Waals surface area contributed by atoms with Crippen molar-refractivity contribution in [2.24, 2.45) is 0 Å². The molecule has 0 fully saturated rings. The van der Waals surface area contributed by atoms with Gasteiger partial charge in [-0.05, 0) is 40.5 Å². The summed E-state index contributed by atoms with van der Waals surface area (Å²) in [5.41, 5.74) is 4.56. The van der Waals surface area contributed by atoms with Gasteiger partial charge < -0.3 is 5.32 Å². The number of nitrogens with zero attached hydrogens (tertiary/aromatic N) is 3. The zero-order chi connectivity index (χ0) is 23.0. The van der Waals surface area contributed by atoms with E-state index in [1.165, 1.54) is 18.2 Å². The molecule has 0 aliphatic rings. The number of carbonyl (C=O) groups excluding carboxylic acids is 1. The van der Waals surface area contributed by atoms with Crippen molar-refractivity contribution < 1.29 is 9.72 Å². The maximum absolute atomic E-state index is 12.3. The van der Waals surface area contributed by atoms with Gasteiger partial charge in [-0.25, -0.2) is 0 Å². The Morgan fingerprint density at radius 2 is 1.76 bits per heavy atom. The van der Waals surface area contributed by atoms with E-state index in [1.807, 2.05) is 41.2 Å². The van der Waals surface area contributed by atoms with Crippen molar-refractivity contribution in [3.05, 3.63) is 124 Å². The Balaban J connectivity index is 1.43. The van der Waals surface area contributed by atoms with Gasteiger partial charge >= 0.3 is 0 Å². The predicted octanol–water partition coefficient (Wildman–Crippen LogP) is 4.84. The smallest absolute Gasteiger partial charge is 0.276 e. The number of nitrogens with one attached hydrogen (secondary N) is 1. The first kappa shape index (κ1) is 21.7. The van der Waals surface area contributed by atoms with E-state index in [4.69, 9.17) is 0 Å². The topological polar surface area (TPSA) is 90.1 Å². The molecule has 0 bridgehead atoms. The SMILES string of the molecule is O=C(/C=C/c1ccccc1[N+](=O)[O-])NCc1ccccc1-c1ccc(Cn2cccn2)cc1. The van der Waals surface area contributed by atoms with Gasteiger partial charge in [-0.15, -0.1) is 0 Å². The highest BCUT2D eigenvalue weighted by atomic mass is 16.6. The summed E-state index contributed by atoms with van der Waals surface area (Å²) in [6.07, 6.45) is 6.46. The maximum atomic E-state index is 12.3. The van der Waals surface area contributed by atoms with E-state index in [-0.39, 0.29) is 11.6 Å². The standard InChI is InChI=1S/C26H22N4O3/c31-26(15-14-22-6-2-4-9-25(22)30(32)33)27-18-23-7-1-3-8-24(23)21-12-10-20(11-13-21)19-29-17-5-16-28-29/h1-17H,18-19H2,(H,27,31)/b15-14+. The summed E-state index contributed by atoms with van der Waals surface area (Å²) >= 11 is 0. The van der Waals surface area contributed by atoms with E-state index in [0.717, 1.165) is 22.3 Å². The molecule has 0 saturated carbocycles. The molecule has 7 nitrogen and oxygen atoms in total. The third-order valence-corrected chi connectivity index (χ3v) is 5.19. The Morgan fingerprint density at radius 3 is 2.52 bits per heavy atom. The lowest BCUT2D eigenvalue weighted by Gasteiger charge is -2.11. The van der Waals surface area contributed by atoms with Gasteiger partial charge in [-0.2, -0.15) is 5.10 Å². The second kappa shape index (κ2) is 10.2. The van der Waals surface area contributed by atoms with Crippen LogP contribution in [0.3, 0.4) is 0 Å². The Bertz CT molecular complexity index is 1280. The molecule has 0 spiro atoms. The molecule has 0 unspecified atom stereocenters. The molecular weight excluding hydrogens is 416 g/mol. The Kier molecular flexibility index (Phi) is 6.70. The number of amides is 1. The third-order valence-electron chi connectivity index (χ3n) is 5.19. The van der Waals surface area contributed by atoms with Gasteiger partial charge in [0.15, 0.2) is 0 Å². The lowest BCUT2D eigenvalue weighted by Crippen LogP contribution is -2.20. The van der Waals surface area contributed by atoms with Crippen LogP contribution in [0.5, 0.6) is 0 Å². The van der Waals surface area contributed by atoms with Crippen molar-refractivity contribution in [3.63, 3.8) is 0 Å². The summed E-state index contributed by atoms with van der Waals surface area (Å²) in [6.45, 7) is 1.04. The normalized spacial score (nSPS) is 10.9. The molecule has 7 heteroatoms. The van der Waals surface area contributed by atoms with Crippen LogP contribution in [-0.2, 0) is 17.9 Å². The third kappa shape index (κ3) is 5.59. The van der Waals surface area contributed by atoms with Crippen molar-refractivity contribution in [2.45, 2.75) is 13.1 Å². The summed E-state index contributed by atoms with van der Waals surface area (Å²) in [7, 11) is 0. The number of para-hydroxylation sites is 1. The summed E-state index contributed by atoms with van der Waals surface area (Å²) in [5.74, 6) is -0.322. The van der Waals surface area contributed by atoms with Gasteiger partial charge in [0.1, 0.15) is 0 Å². The molecule has 1 heterocycles. The number of aromatic nitrogens is 2. The lowest BCUT2D eigenvalue weighted by molar-refractivity contribution is -0.385. The van der Waals surface area contributed by atoms with E-state index < -0.39 is 4.92 Å². The van der Waals surface area contributed by atoms with Crippen LogP contribution < -0.4 is 5.32 Å². The molecule has 0 atom stereocenters. The number of nitro benzene ring substituents is 1. The van der Waals surface area contributed by atoms with Gasteiger partial charge in [0.05, 0.1) is 17.0 Å². The van der Waals surface area contributed by atoms with Crippen molar-refractivity contribution in [1.82, 2.24) is 15.1 Å². The Labute approximate surface area is 191 Å². The van der Waals surface area contributed by atoms with Crippen molar-refractivity contribution in [3.8, 4) is 11.1 Å². The van der Waals surface area contributed by atoms with E-state index in [1.54, 1.807) is 24.4 Å². The van der Waals surface area contributed by atoms with Crippen LogP contribution in [0, 0.1) is 10.1 Å². The summed E-state index contributed by atoms with van der Waals surface area (Å²) in [6, 6.07) is 24.4. The van der Waals surface area contributed by atoms with Crippen molar-refractivity contribution in [2.75, 3.05) is 0 Å². The second-order valence-corrected chi connectivity index (χ2v) is 7.42. The van der Waals surface area contributed by atoms with Crippen molar-refractivity contribution in [1.29, 1.82) is 0 Å².